The molecule has 0 aliphatic heterocycles. The number of nitrogens with zero attached hydrogens (tertiary/aromatic N) is 1. The Labute approximate surface area is 123 Å². The molecule has 6 heteroatoms. The number of hydrogen-bond donors (Lipinski definition) is 3. The number of halogens is 1. The molecular weight excluding hydrogens is 278 g/mol. The number of aromatic amines is 1. The van der Waals surface area contributed by atoms with Crippen LogP contribution in [0.4, 0.5) is 0 Å². The number of benzene rings is 1. The van der Waals surface area contributed by atoms with Gasteiger partial charge in [0.2, 0.25) is 0 Å². The van der Waals surface area contributed by atoms with Gasteiger partial charge in [0.15, 0.2) is 11.5 Å². The summed E-state index contributed by atoms with van der Waals surface area (Å²) >= 11 is 6.01. The van der Waals surface area contributed by atoms with Crippen LogP contribution in [0.5, 0.6) is 11.5 Å². The Morgan fingerprint density at radius 3 is 2.90 bits per heavy atom. The molecule has 1 aromatic carbocycles. The largest absolute Gasteiger partial charge is 0.504 e. The van der Waals surface area contributed by atoms with Crippen LogP contribution < -0.4 is 10.1 Å². The van der Waals surface area contributed by atoms with Gasteiger partial charge in [0, 0.05) is 35.6 Å². The Morgan fingerprint density at radius 2 is 2.30 bits per heavy atom. The summed E-state index contributed by atoms with van der Waals surface area (Å²) in [6.07, 6.45) is 4.39. The van der Waals surface area contributed by atoms with Gasteiger partial charge in [0.05, 0.1) is 13.2 Å². The van der Waals surface area contributed by atoms with E-state index in [9.17, 15) is 5.11 Å². The van der Waals surface area contributed by atoms with Crippen LogP contribution in [-0.2, 0) is 6.54 Å². The summed E-state index contributed by atoms with van der Waals surface area (Å²) in [5.41, 5.74) is 0.694. The van der Waals surface area contributed by atoms with Crippen molar-refractivity contribution in [3.63, 3.8) is 0 Å². The number of aromatic hydroxyl groups is 1. The Balaban J connectivity index is 2.12. The first-order valence-corrected chi connectivity index (χ1v) is 6.81. The van der Waals surface area contributed by atoms with Crippen LogP contribution in [0.1, 0.15) is 30.8 Å². The predicted octanol–water partition coefficient (Wildman–Crippen LogP) is 3.02. The van der Waals surface area contributed by atoms with Crippen molar-refractivity contribution in [3.8, 4) is 11.5 Å². The molecule has 2 aromatic rings. The Morgan fingerprint density at radius 1 is 1.50 bits per heavy atom. The van der Waals surface area contributed by atoms with E-state index in [2.05, 4.69) is 22.2 Å². The average molecular weight is 296 g/mol. The van der Waals surface area contributed by atoms with Gasteiger partial charge in [0.25, 0.3) is 0 Å². The number of phenols is 1. The van der Waals surface area contributed by atoms with Gasteiger partial charge in [-0.3, -0.25) is 0 Å². The number of hydrogen-bond acceptors (Lipinski definition) is 4. The lowest BCUT2D eigenvalue weighted by molar-refractivity contribution is 0.368. The highest BCUT2D eigenvalue weighted by Crippen LogP contribution is 2.33. The van der Waals surface area contributed by atoms with Crippen molar-refractivity contribution >= 4 is 11.6 Å². The van der Waals surface area contributed by atoms with Gasteiger partial charge >= 0.3 is 0 Å². The summed E-state index contributed by atoms with van der Waals surface area (Å²) in [5, 5.41) is 14.0. The highest BCUT2D eigenvalue weighted by molar-refractivity contribution is 6.30. The van der Waals surface area contributed by atoms with E-state index in [1.165, 1.54) is 7.11 Å². The lowest BCUT2D eigenvalue weighted by atomic mass is 10.1. The van der Waals surface area contributed by atoms with E-state index in [1.807, 2.05) is 0 Å². The maximum Gasteiger partial charge on any atom is 0.162 e. The van der Waals surface area contributed by atoms with Gasteiger partial charge in [0.1, 0.15) is 5.82 Å². The number of nitrogens with one attached hydrogen (secondary N) is 2. The fourth-order valence-electron chi connectivity index (χ4n) is 2.05. The molecule has 0 saturated heterocycles. The Hall–Kier alpha value is -1.72. The smallest absolute Gasteiger partial charge is 0.162 e. The fourth-order valence-corrected chi connectivity index (χ4v) is 2.29. The third kappa shape index (κ3) is 3.23. The predicted molar refractivity (Wildman–Crippen MR) is 78.1 cm³/mol. The molecule has 0 radical (unpaired) electrons. The van der Waals surface area contributed by atoms with Crippen molar-refractivity contribution < 1.29 is 9.84 Å². The minimum Gasteiger partial charge on any atom is -0.504 e. The molecule has 0 bridgehead atoms. The van der Waals surface area contributed by atoms with Crippen molar-refractivity contribution in [2.75, 3.05) is 7.11 Å². The van der Waals surface area contributed by atoms with E-state index in [4.69, 9.17) is 16.3 Å². The van der Waals surface area contributed by atoms with Gasteiger partial charge < -0.3 is 20.1 Å². The molecule has 1 heterocycles. The number of ether oxygens (including phenoxy) is 1. The number of phenolic OH excluding ortho intramolecular Hbond substituents is 1. The monoisotopic (exact) mass is 295 g/mol. The van der Waals surface area contributed by atoms with Crippen LogP contribution >= 0.6 is 11.6 Å². The van der Waals surface area contributed by atoms with Crippen LogP contribution in [-0.4, -0.2) is 22.2 Å². The van der Waals surface area contributed by atoms with Crippen LogP contribution in [0, 0.1) is 0 Å². The molecule has 0 saturated carbocycles. The van der Waals surface area contributed by atoms with E-state index in [0.29, 0.717) is 22.9 Å². The lowest BCUT2D eigenvalue weighted by Gasteiger charge is -2.16. The summed E-state index contributed by atoms with van der Waals surface area (Å²) in [5.74, 6) is 1.36. The fraction of sp³-hybridized carbons (Fsp3) is 0.357. The van der Waals surface area contributed by atoms with Gasteiger partial charge in [-0.2, -0.15) is 0 Å². The molecule has 0 amide bonds. The highest BCUT2D eigenvalue weighted by Gasteiger charge is 2.14. The standard InChI is InChI=1S/C14H18ClN3O2/c1-3-11(14-16-4-5-17-14)18-8-9-6-10(15)7-12(20-2)13(9)19/h4-7,11,18-19H,3,8H2,1-2H3,(H,16,17). The van der Waals surface area contributed by atoms with Crippen molar-refractivity contribution in [1.82, 2.24) is 15.3 Å². The summed E-state index contributed by atoms with van der Waals surface area (Å²) in [6.45, 7) is 2.54. The second-order valence-corrected chi connectivity index (χ2v) is 4.87. The van der Waals surface area contributed by atoms with Gasteiger partial charge in [-0.25, -0.2) is 4.98 Å². The maximum atomic E-state index is 10.1. The Kier molecular flexibility index (Phi) is 4.87. The van der Waals surface area contributed by atoms with Crippen LogP contribution in [0.25, 0.3) is 0 Å². The van der Waals surface area contributed by atoms with Gasteiger partial charge in [-0.05, 0) is 12.5 Å². The summed E-state index contributed by atoms with van der Waals surface area (Å²) in [6, 6.07) is 3.40. The molecule has 0 fully saturated rings. The Bertz CT molecular complexity index is 558. The first kappa shape index (κ1) is 14.7. The zero-order valence-corrected chi connectivity index (χ0v) is 12.2. The zero-order valence-electron chi connectivity index (χ0n) is 11.5. The van der Waals surface area contributed by atoms with Gasteiger partial charge in [-0.1, -0.05) is 18.5 Å². The minimum atomic E-state index is 0.0920. The number of H-pyrrole nitrogens is 1. The first-order valence-electron chi connectivity index (χ1n) is 6.43. The summed E-state index contributed by atoms with van der Waals surface area (Å²) in [4.78, 5) is 7.33. The van der Waals surface area contributed by atoms with Crippen molar-refractivity contribution in [1.29, 1.82) is 0 Å². The molecular formula is C14H18ClN3O2. The molecule has 1 atom stereocenters. The minimum absolute atomic E-state index is 0.0920. The van der Waals surface area contributed by atoms with Crippen LogP contribution in [0.2, 0.25) is 5.02 Å². The maximum absolute atomic E-state index is 10.1. The van der Waals surface area contributed by atoms with E-state index < -0.39 is 0 Å². The second-order valence-electron chi connectivity index (χ2n) is 4.43. The number of aromatic nitrogens is 2. The summed E-state index contributed by atoms with van der Waals surface area (Å²) in [7, 11) is 1.50. The number of imidazole rings is 1. The molecule has 5 nitrogen and oxygen atoms in total. The SMILES string of the molecule is CCC(NCc1cc(Cl)cc(OC)c1O)c1ncc[nH]1. The first-order chi connectivity index (χ1) is 9.65. The quantitative estimate of drug-likeness (QED) is 0.766. The molecule has 0 spiro atoms. The average Bonchev–Trinajstić information content (AvgIpc) is 2.96. The third-order valence-electron chi connectivity index (χ3n) is 3.14. The third-order valence-corrected chi connectivity index (χ3v) is 3.35. The molecule has 3 N–H and O–H groups in total. The zero-order chi connectivity index (χ0) is 14.5. The van der Waals surface area contributed by atoms with E-state index in [1.54, 1.807) is 24.5 Å². The number of methoxy groups -OCH3 is 1. The van der Waals surface area contributed by atoms with E-state index in [0.717, 1.165) is 12.2 Å². The van der Waals surface area contributed by atoms with Gasteiger partial charge in [-0.15, -0.1) is 0 Å². The van der Waals surface area contributed by atoms with Crippen molar-refractivity contribution in [2.24, 2.45) is 0 Å². The molecule has 0 aliphatic rings. The van der Waals surface area contributed by atoms with Crippen LogP contribution in [0.3, 0.4) is 0 Å². The molecule has 1 aromatic heterocycles. The molecule has 2 rings (SSSR count). The molecule has 20 heavy (non-hydrogen) atoms. The number of rotatable bonds is 6. The van der Waals surface area contributed by atoms with Crippen molar-refractivity contribution in [2.45, 2.75) is 25.9 Å². The topological polar surface area (TPSA) is 70.2 Å². The summed E-state index contributed by atoms with van der Waals surface area (Å²) < 4.78 is 5.09. The van der Waals surface area contributed by atoms with E-state index in [-0.39, 0.29) is 11.8 Å². The normalized spacial score (nSPS) is 12.3. The van der Waals surface area contributed by atoms with E-state index >= 15 is 0 Å². The van der Waals surface area contributed by atoms with Crippen LogP contribution in [0.15, 0.2) is 24.5 Å². The molecule has 0 aliphatic carbocycles. The van der Waals surface area contributed by atoms with Crippen molar-refractivity contribution in [3.05, 3.63) is 40.9 Å². The second kappa shape index (κ2) is 6.63. The lowest BCUT2D eigenvalue weighted by Crippen LogP contribution is -2.21. The molecule has 1 unspecified atom stereocenters. The molecule has 108 valence electrons. The highest BCUT2D eigenvalue weighted by atomic mass is 35.5.